The molecule has 1 atom stereocenters. The molecule has 0 aliphatic carbocycles. The molecule has 1 saturated heterocycles. The lowest BCUT2D eigenvalue weighted by Gasteiger charge is -2.19. The second kappa shape index (κ2) is 8.39. The van der Waals surface area contributed by atoms with E-state index < -0.39 is 0 Å². The summed E-state index contributed by atoms with van der Waals surface area (Å²) in [4.78, 5) is 23.9. The van der Waals surface area contributed by atoms with Crippen molar-refractivity contribution in [1.29, 1.82) is 0 Å². The highest BCUT2D eigenvalue weighted by Gasteiger charge is 2.19. The van der Waals surface area contributed by atoms with E-state index in [0.717, 1.165) is 35.7 Å². The van der Waals surface area contributed by atoms with Gasteiger partial charge >= 0.3 is 0 Å². The Bertz CT molecular complexity index is 983. The highest BCUT2D eigenvalue weighted by Crippen LogP contribution is 2.29. The fourth-order valence-electron chi connectivity index (χ4n) is 3.59. The van der Waals surface area contributed by atoms with E-state index in [1.165, 1.54) is 25.0 Å². The summed E-state index contributed by atoms with van der Waals surface area (Å²) >= 11 is 0. The molecule has 2 heterocycles. The van der Waals surface area contributed by atoms with Crippen LogP contribution in [0.1, 0.15) is 41.7 Å². The molecule has 1 aliphatic rings. The first kappa shape index (κ1) is 19.1. The minimum atomic E-state index is -0.292. The number of rotatable bonds is 5. The summed E-state index contributed by atoms with van der Waals surface area (Å²) in [6, 6.07) is 13.3. The van der Waals surface area contributed by atoms with E-state index in [1.807, 2.05) is 19.1 Å². The second-order valence-corrected chi connectivity index (χ2v) is 7.25. The molecule has 5 nitrogen and oxygen atoms in total. The fraction of sp³-hybridized carbons (Fsp3) is 0.261. The molecule has 29 heavy (non-hydrogen) atoms. The third-order valence-electron chi connectivity index (χ3n) is 5.22. The van der Waals surface area contributed by atoms with Crippen LogP contribution in [-0.2, 0) is 0 Å². The number of nitrogens with zero attached hydrogens (tertiary/aromatic N) is 3. The van der Waals surface area contributed by atoms with Crippen LogP contribution in [0.3, 0.4) is 0 Å². The van der Waals surface area contributed by atoms with Crippen molar-refractivity contribution in [1.82, 2.24) is 15.3 Å². The summed E-state index contributed by atoms with van der Waals surface area (Å²) in [5, 5.41) is 2.95. The van der Waals surface area contributed by atoms with Crippen molar-refractivity contribution < 1.29 is 9.18 Å². The maximum absolute atomic E-state index is 13.1. The summed E-state index contributed by atoms with van der Waals surface area (Å²) in [6.45, 7) is 3.86. The molecule has 0 radical (unpaired) electrons. The summed E-state index contributed by atoms with van der Waals surface area (Å²) in [6.07, 6.45) is 5.75. The van der Waals surface area contributed by atoms with Gasteiger partial charge in [-0.05, 0) is 49.6 Å². The van der Waals surface area contributed by atoms with E-state index in [9.17, 15) is 9.18 Å². The van der Waals surface area contributed by atoms with Crippen LogP contribution in [0.2, 0.25) is 0 Å². The zero-order valence-electron chi connectivity index (χ0n) is 16.3. The predicted molar refractivity (Wildman–Crippen MR) is 111 cm³/mol. The van der Waals surface area contributed by atoms with Gasteiger partial charge in [0.15, 0.2) is 5.82 Å². The van der Waals surface area contributed by atoms with E-state index in [2.05, 4.69) is 20.2 Å². The average Bonchev–Trinajstić information content (AvgIpc) is 3.29. The number of nitrogens with one attached hydrogen (secondary N) is 1. The molecular weight excluding hydrogens is 367 g/mol. The van der Waals surface area contributed by atoms with E-state index >= 15 is 0 Å². The Kier molecular flexibility index (Phi) is 5.51. The van der Waals surface area contributed by atoms with Crippen molar-refractivity contribution >= 4 is 11.7 Å². The number of amides is 1. The molecule has 1 aromatic heterocycles. The van der Waals surface area contributed by atoms with Crippen molar-refractivity contribution in [2.75, 3.05) is 18.0 Å². The lowest BCUT2D eigenvalue weighted by Crippen LogP contribution is -2.26. The molecule has 1 amide bonds. The molecular formula is C23H23FN4O. The van der Waals surface area contributed by atoms with Gasteiger partial charge in [0.1, 0.15) is 11.5 Å². The normalized spacial score (nSPS) is 14.6. The van der Waals surface area contributed by atoms with Gasteiger partial charge in [0.05, 0.1) is 6.04 Å². The van der Waals surface area contributed by atoms with E-state index in [-0.39, 0.29) is 17.8 Å². The second-order valence-electron chi connectivity index (χ2n) is 7.25. The van der Waals surface area contributed by atoms with Crippen LogP contribution in [0.15, 0.2) is 60.9 Å². The van der Waals surface area contributed by atoms with Gasteiger partial charge in [-0.15, -0.1) is 0 Å². The molecule has 2 aromatic carbocycles. The molecule has 0 spiro atoms. The quantitative estimate of drug-likeness (QED) is 0.703. The van der Waals surface area contributed by atoms with E-state index in [1.54, 1.807) is 36.7 Å². The molecule has 0 saturated carbocycles. The summed E-state index contributed by atoms with van der Waals surface area (Å²) in [7, 11) is 0. The number of anilines is 1. The first-order valence-corrected chi connectivity index (χ1v) is 9.84. The van der Waals surface area contributed by atoms with E-state index in [4.69, 9.17) is 0 Å². The minimum absolute atomic E-state index is 0.174. The van der Waals surface area contributed by atoms with Crippen molar-refractivity contribution in [3.05, 3.63) is 77.9 Å². The van der Waals surface area contributed by atoms with Crippen LogP contribution in [0.4, 0.5) is 10.2 Å². The van der Waals surface area contributed by atoms with Gasteiger partial charge in [-0.2, -0.15) is 0 Å². The Morgan fingerprint density at radius 3 is 2.34 bits per heavy atom. The smallest absolute Gasteiger partial charge is 0.251 e. The molecule has 0 unspecified atom stereocenters. The van der Waals surface area contributed by atoms with Crippen LogP contribution in [0.5, 0.6) is 0 Å². The summed E-state index contributed by atoms with van der Waals surface area (Å²) in [5.41, 5.74) is 3.18. The highest BCUT2D eigenvalue weighted by molar-refractivity contribution is 5.95. The lowest BCUT2D eigenvalue weighted by molar-refractivity contribution is 0.0940. The third-order valence-corrected chi connectivity index (χ3v) is 5.22. The van der Waals surface area contributed by atoms with Crippen LogP contribution in [0.25, 0.3) is 11.3 Å². The van der Waals surface area contributed by atoms with Gasteiger partial charge in [0.25, 0.3) is 5.91 Å². The first-order chi connectivity index (χ1) is 14.1. The van der Waals surface area contributed by atoms with Gasteiger partial charge in [0, 0.05) is 36.6 Å². The summed E-state index contributed by atoms with van der Waals surface area (Å²) in [5.74, 6) is 0.430. The molecule has 3 aromatic rings. The van der Waals surface area contributed by atoms with Crippen molar-refractivity contribution in [2.24, 2.45) is 0 Å². The number of benzene rings is 2. The lowest BCUT2D eigenvalue weighted by atomic mass is 10.1. The molecule has 1 N–H and O–H groups in total. The maximum Gasteiger partial charge on any atom is 0.251 e. The number of halogens is 1. The maximum atomic E-state index is 13.1. The molecule has 6 heteroatoms. The Hall–Kier alpha value is -3.28. The van der Waals surface area contributed by atoms with Crippen molar-refractivity contribution in [3.8, 4) is 11.3 Å². The molecule has 1 aliphatic heterocycles. The Morgan fingerprint density at radius 2 is 1.66 bits per heavy atom. The summed E-state index contributed by atoms with van der Waals surface area (Å²) < 4.78 is 13.1. The number of hydrogen-bond acceptors (Lipinski definition) is 4. The zero-order valence-corrected chi connectivity index (χ0v) is 16.3. The Labute approximate surface area is 169 Å². The molecule has 148 valence electrons. The van der Waals surface area contributed by atoms with Crippen molar-refractivity contribution in [2.45, 2.75) is 25.8 Å². The Morgan fingerprint density at radius 1 is 1.00 bits per heavy atom. The molecule has 0 bridgehead atoms. The molecule has 4 rings (SSSR count). The zero-order chi connectivity index (χ0) is 20.2. The first-order valence-electron chi connectivity index (χ1n) is 9.84. The third kappa shape index (κ3) is 4.26. The van der Waals surface area contributed by atoms with Crippen LogP contribution < -0.4 is 10.2 Å². The van der Waals surface area contributed by atoms with Crippen LogP contribution >= 0.6 is 0 Å². The van der Waals surface area contributed by atoms with Gasteiger partial charge in [-0.3, -0.25) is 9.78 Å². The highest BCUT2D eigenvalue weighted by atomic mass is 19.1. The fourth-order valence-corrected chi connectivity index (χ4v) is 3.59. The minimum Gasteiger partial charge on any atom is -0.355 e. The van der Waals surface area contributed by atoms with Crippen LogP contribution in [-0.4, -0.2) is 29.0 Å². The van der Waals surface area contributed by atoms with Gasteiger partial charge in [-0.25, -0.2) is 9.37 Å². The predicted octanol–water partition coefficient (Wildman–Crippen LogP) is 4.37. The molecule has 1 fully saturated rings. The number of carbonyl (C=O) groups excluding carboxylic acids is 1. The van der Waals surface area contributed by atoms with Gasteiger partial charge < -0.3 is 10.2 Å². The van der Waals surface area contributed by atoms with E-state index in [0.29, 0.717) is 5.56 Å². The van der Waals surface area contributed by atoms with Gasteiger partial charge in [0.2, 0.25) is 0 Å². The monoisotopic (exact) mass is 390 g/mol. The largest absolute Gasteiger partial charge is 0.355 e. The van der Waals surface area contributed by atoms with Gasteiger partial charge in [-0.1, -0.05) is 24.3 Å². The average molecular weight is 390 g/mol. The topological polar surface area (TPSA) is 58.1 Å². The standard InChI is InChI=1S/C23H23FN4O/c1-16(17-8-10-20(24)11-9-17)27-23(29)19-6-4-18(5-7-19)21-22(26-13-12-25-21)28-14-2-3-15-28/h4-13,16H,2-3,14-15H2,1H3,(H,27,29)/t16-/m0/s1. The number of hydrogen-bond donors (Lipinski definition) is 1. The SMILES string of the molecule is C[C@H](NC(=O)c1ccc(-c2nccnc2N2CCCC2)cc1)c1ccc(F)cc1. The number of aromatic nitrogens is 2. The Balaban J connectivity index is 1.49. The van der Waals surface area contributed by atoms with Crippen molar-refractivity contribution in [3.63, 3.8) is 0 Å². The number of carbonyl (C=O) groups is 1. The van der Waals surface area contributed by atoms with Crippen LogP contribution in [0, 0.1) is 5.82 Å².